The minimum absolute atomic E-state index is 0.0157. The van der Waals surface area contributed by atoms with Crippen molar-refractivity contribution in [3.05, 3.63) is 59.0 Å². The molecule has 35 heavy (non-hydrogen) atoms. The number of benzene rings is 1. The number of carbonyl (C=O) groups is 1. The summed E-state index contributed by atoms with van der Waals surface area (Å²) in [7, 11) is 0. The van der Waals surface area contributed by atoms with E-state index in [1.54, 1.807) is 13.8 Å². The van der Waals surface area contributed by atoms with E-state index in [0.29, 0.717) is 22.3 Å². The zero-order valence-corrected chi connectivity index (χ0v) is 19.6. The van der Waals surface area contributed by atoms with Crippen LogP contribution in [0.4, 0.5) is 27.9 Å². The van der Waals surface area contributed by atoms with Gasteiger partial charge in [0, 0.05) is 25.4 Å². The van der Waals surface area contributed by atoms with Crippen LogP contribution in [-0.4, -0.2) is 50.8 Å². The minimum Gasteiger partial charge on any atom is -0.352 e. The number of aryl methyl sites for hydroxylation is 1. The maximum absolute atomic E-state index is 14.5. The molecular weight excluding hydrogens is 489 g/mol. The van der Waals surface area contributed by atoms with Crippen molar-refractivity contribution in [1.29, 1.82) is 0 Å². The standard InChI is InChI=1S/C23H22F5N5OS/c1-13-8-22(24,25)12-33(17(13)11-31-21-29-9-16(10-30-21)23(26,27)28)20(34)18-19(35-14(2)32-18)15-6-4-3-5-7-15/h3-7,9-10,13,17H,8,11-12H2,1-2H3,(H,29,30,31). The van der Waals surface area contributed by atoms with Gasteiger partial charge in [0.15, 0.2) is 0 Å². The van der Waals surface area contributed by atoms with Gasteiger partial charge in [-0.05, 0) is 18.4 Å². The molecule has 2 unspecified atom stereocenters. The molecule has 0 bridgehead atoms. The van der Waals surface area contributed by atoms with Crippen molar-refractivity contribution in [3.8, 4) is 10.4 Å². The molecule has 2 atom stereocenters. The van der Waals surface area contributed by atoms with Gasteiger partial charge in [0.2, 0.25) is 5.95 Å². The van der Waals surface area contributed by atoms with Gasteiger partial charge in [-0.1, -0.05) is 37.3 Å². The van der Waals surface area contributed by atoms with E-state index in [4.69, 9.17) is 0 Å². The number of halogens is 5. The number of hydrogen-bond acceptors (Lipinski definition) is 6. The van der Waals surface area contributed by atoms with Crippen LogP contribution in [0.15, 0.2) is 42.7 Å². The topological polar surface area (TPSA) is 71.0 Å². The lowest BCUT2D eigenvalue weighted by atomic mass is 9.88. The zero-order valence-electron chi connectivity index (χ0n) is 18.8. The molecule has 0 saturated carbocycles. The summed E-state index contributed by atoms with van der Waals surface area (Å²) in [5, 5.41) is 3.41. The third kappa shape index (κ3) is 5.58. The third-order valence-electron chi connectivity index (χ3n) is 5.76. The molecule has 0 aliphatic carbocycles. The number of likely N-dealkylation sites (tertiary alicyclic amines) is 1. The molecule has 0 spiro atoms. The minimum atomic E-state index is -4.58. The summed E-state index contributed by atoms with van der Waals surface area (Å²) in [5.41, 5.74) is -0.150. The number of carbonyl (C=O) groups excluding carboxylic acids is 1. The number of hydrogen-bond donors (Lipinski definition) is 1. The Balaban J connectivity index is 1.60. The van der Waals surface area contributed by atoms with Gasteiger partial charge in [-0.15, -0.1) is 11.3 Å². The van der Waals surface area contributed by atoms with Crippen LogP contribution in [0.25, 0.3) is 10.4 Å². The number of amides is 1. The first-order valence-corrected chi connectivity index (χ1v) is 11.6. The molecule has 1 aromatic carbocycles. The molecule has 1 aliphatic rings. The van der Waals surface area contributed by atoms with E-state index in [1.165, 1.54) is 11.3 Å². The number of aromatic nitrogens is 3. The lowest BCUT2D eigenvalue weighted by molar-refractivity contribution is -0.138. The Morgan fingerprint density at radius 1 is 1.20 bits per heavy atom. The molecule has 186 valence electrons. The summed E-state index contributed by atoms with van der Waals surface area (Å²) in [6.45, 7) is 2.54. The Morgan fingerprint density at radius 2 is 1.86 bits per heavy atom. The van der Waals surface area contributed by atoms with Crippen LogP contribution in [0, 0.1) is 12.8 Å². The Labute approximate surface area is 202 Å². The van der Waals surface area contributed by atoms with E-state index in [9.17, 15) is 26.7 Å². The average Bonchev–Trinajstić information content (AvgIpc) is 3.19. The summed E-state index contributed by atoms with van der Waals surface area (Å²) >= 11 is 1.30. The highest BCUT2D eigenvalue weighted by molar-refractivity contribution is 7.15. The fourth-order valence-electron chi connectivity index (χ4n) is 4.13. The smallest absolute Gasteiger partial charge is 0.352 e. The fourth-order valence-corrected chi connectivity index (χ4v) is 5.05. The van der Waals surface area contributed by atoms with E-state index in [0.717, 1.165) is 10.5 Å². The predicted octanol–water partition coefficient (Wildman–Crippen LogP) is 5.53. The summed E-state index contributed by atoms with van der Waals surface area (Å²) in [4.78, 5) is 26.9. The van der Waals surface area contributed by atoms with Crippen molar-refractivity contribution >= 4 is 23.2 Å². The van der Waals surface area contributed by atoms with Crippen LogP contribution in [0.5, 0.6) is 0 Å². The number of nitrogens with one attached hydrogen (secondary N) is 1. The number of alkyl halides is 5. The largest absolute Gasteiger partial charge is 0.419 e. The molecule has 1 aliphatic heterocycles. The molecule has 1 saturated heterocycles. The number of piperidine rings is 1. The SMILES string of the molecule is Cc1nc(C(=O)N2CC(F)(F)CC(C)C2CNc2ncc(C(F)(F)F)cn2)c(-c2ccccc2)s1. The van der Waals surface area contributed by atoms with Crippen molar-refractivity contribution in [2.75, 3.05) is 18.4 Å². The predicted molar refractivity (Wildman–Crippen MR) is 121 cm³/mol. The maximum Gasteiger partial charge on any atom is 0.419 e. The van der Waals surface area contributed by atoms with Crippen molar-refractivity contribution in [2.45, 2.75) is 38.4 Å². The summed E-state index contributed by atoms with van der Waals surface area (Å²) in [5.74, 6) is -4.41. The first-order chi connectivity index (χ1) is 16.4. The Hall–Kier alpha value is -3.15. The van der Waals surface area contributed by atoms with Crippen LogP contribution in [0.1, 0.15) is 34.4 Å². The summed E-state index contributed by atoms with van der Waals surface area (Å²) in [6, 6.07) is 8.41. The van der Waals surface area contributed by atoms with Crippen molar-refractivity contribution < 1.29 is 26.7 Å². The van der Waals surface area contributed by atoms with Crippen molar-refractivity contribution in [1.82, 2.24) is 19.9 Å². The van der Waals surface area contributed by atoms with Crippen LogP contribution >= 0.6 is 11.3 Å². The van der Waals surface area contributed by atoms with Gasteiger partial charge in [-0.3, -0.25) is 4.79 Å². The molecule has 2 aromatic heterocycles. The fraction of sp³-hybridized carbons (Fsp3) is 0.391. The van der Waals surface area contributed by atoms with E-state index in [-0.39, 0.29) is 18.2 Å². The first-order valence-electron chi connectivity index (χ1n) is 10.8. The molecule has 3 aromatic rings. The van der Waals surface area contributed by atoms with E-state index in [1.807, 2.05) is 30.3 Å². The quantitative estimate of drug-likeness (QED) is 0.457. The lowest BCUT2D eigenvalue weighted by Gasteiger charge is -2.43. The molecule has 0 radical (unpaired) electrons. The highest BCUT2D eigenvalue weighted by Crippen LogP contribution is 2.37. The van der Waals surface area contributed by atoms with Gasteiger partial charge >= 0.3 is 6.18 Å². The van der Waals surface area contributed by atoms with Gasteiger partial charge in [-0.2, -0.15) is 13.2 Å². The second kappa shape index (κ2) is 9.48. The number of nitrogens with zero attached hydrogens (tertiary/aromatic N) is 4. The molecule has 6 nitrogen and oxygen atoms in total. The Morgan fingerprint density at radius 3 is 2.49 bits per heavy atom. The molecule has 1 N–H and O–H groups in total. The Kier molecular flexibility index (Phi) is 6.76. The number of anilines is 1. The summed E-state index contributed by atoms with van der Waals surface area (Å²) < 4.78 is 67.4. The third-order valence-corrected chi connectivity index (χ3v) is 6.78. The van der Waals surface area contributed by atoms with Gasteiger partial charge in [-0.25, -0.2) is 23.7 Å². The average molecular weight is 512 g/mol. The maximum atomic E-state index is 14.5. The van der Waals surface area contributed by atoms with E-state index in [2.05, 4.69) is 20.3 Å². The van der Waals surface area contributed by atoms with Gasteiger partial charge < -0.3 is 10.2 Å². The molecule has 4 rings (SSSR count). The van der Waals surface area contributed by atoms with Crippen LogP contribution in [0.3, 0.4) is 0 Å². The second-order valence-electron chi connectivity index (χ2n) is 8.49. The molecular formula is C23H22F5N5OS. The van der Waals surface area contributed by atoms with Crippen molar-refractivity contribution in [3.63, 3.8) is 0 Å². The van der Waals surface area contributed by atoms with Crippen molar-refractivity contribution in [2.24, 2.45) is 5.92 Å². The van der Waals surface area contributed by atoms with Gasteiger partial charge in [0.25, 0.3) is 11.8 Å². The first kappa shape index (κ1) is 25.0. The summed E-state index contributed by atoms with van der Waals surface area (Å²) in [6.07, 6.45) is -3.73. The van der Waals surface area contributed by atoms with Crippen LogP contribution in [-0.2, 0) is 6.18 Å². The number of rotatable bonds is 5. The molecule has 12 heteroatoms. The highest BCUT2D eigenvalue weighted by Gasteiger charge is 2.47. The molecule has 1 amide bonds. The van der Waals surface area contributed by atoms with Gasteiger partial charge in [0.1, 0.15) is 5.69 Å². The monoisotopic (exact) mass is 511 g/mol. The van der Waals surface area contributed by atoms with Crippen LogP contribution < -0.4 is 5.32 Å². The molecule has 3 heterocycles. The highest BCUT2D eigenvalue weighted by atomic mass is 32.1. The molecule has 1 fully saturated rings. The zero-order chi connectivity index (χ0) is 25.4. The lowest BCUT2D eigenvalue weighted by Crippen LogP contribution is -2.57. The second-order valence-corrected chi connectivity index (χ2v) is 9.69. The normalized spacial score (nSPS) is 20.0. The Bertz CT molecular complexity index is 1180. The van der Waals surface area contributed by atoms with E-state index >= 15 is 0 Å². The van der Waals surface area contributed by atoms with E-state index < -0.39 is 48.5 Å². The van der Waals surface area contributed by atoms with Crippen LogP contribution in [0.2, 0.25) is 0 Å². The van der Waals surface area contributed by atoms with Gasteiger partial charge in [0.05, 0.1) is 28.0 Å². The number of thiazole rings is 1.